The number of aromatic nitrogens is 1. The van der Waals surface area contributed by atoms with E-state index in [1.165, 1.54) is 11.1 Å². The first-order valence-corrected chi connectivity index (χ1v) is 11.3. The van der Waals surface area contributed by atoms with Crippen molar-refractivity contribution in [1.29, 1.82) is 0 Å². The molecule has 0 unspecified atom stereocenters. The number of H-pyrrole nitrogens is 1. The highest BCUT2D eigenvalue weighted by Crippen LogP contribution is 2.38. The smallest absolute Gasteiger partial charge is 0.243 e. The Labute approximate surface area is 186 Å². The van der Waals surface area contributed by atoms with E-state index in [9.17, 15) is 9.90 Å². The van der Waals surface area contributed by atoms with Crippen LogP contribution in [0.3, 0.4) is 0 Å². The number of carbonyl (C=O) groups is 1. The standard InChI is InChI=1S/C26H37N3O2/c1-7-18(10-8-9-16(2)3)21-11-12-22-23-19(14-27-24(21)23)13-20(15-30)28-26(31)25(17(4)5)29(22)6/h7,9,11-12,14,17-18,20,25,27,30H,1,8,10,13,15H2,2-6H3,(H,28,31)/t18-,20+,25+/m1/s1. The predicted molar refractivity (Wildman–Crippen MR) is 130 cm³/mol. The maximum absolute atomic E-state index is 13.0. The average molecular weight is 424 g/mol. The van der Waals surface area contributed by atoms with Gasteiger partial charge in [0, 0.05) is 30.2 Å². The van der Waals surface area contributed by atoms with Crippen molar-refractivity contribution >= 4 is 22.5 Å². The number of anilines is 1. The Morgan fingerprint density at radius 1 is 1.35 bits per heavy atom. The van der Waals surface area contributed by atoms with Crippen LogP contribution in [0.25, 0.3) is 10.9 Å². The van der Waals surface area contributed by atoms with Crippen LogP contribution in [0.2, 0.25) is 0 Å². The molecule has 168 valence electrons. The maximum Gasteiger partial charge on any atom is 0.243 e. The minimum Gasteiger partial charge on any atom is -0.394 e. The molecule has 3 N–H and O–H groups in total. The zero-order valence-corrected chi connectivity index (χ0v) is 19.5. The molecule has 0 bridgehead atoms. The molecular formula is C26H37N3O2. The summed E-state index contributed by atoms with van der Waals surface area (Å²) in [7, 11) is 1.99. The van der Waals surface area contributed by atoms with Crippen molar-refractivity contribution < 1.29 is 9.90 Å². The van der Waals surface area contributed by atoms with Crippen LogP contribution in [0.4, 0.5) is 5.69 Å². The molecule has 1 aliphatic rings. The molecule has 0 saturated heterocycles. The molecule has 5 heteroatoms. The monoisotopic (exact) mass is 423 g/mol. The summed E-state index contributed by atoms with van der Waals surface area (Å²) in [4.78, 5) is 18.6. The van der Waals surface area contributed by atoms with Crippen LogP contribution in [0.15, 0.2) is 42.6 Å². The molecule has 0 spiro atoms. The number of rotatable bonds is 7. The first-order chi connectivity index (χ1) is 14.8. The number of hydrogen-bond acceptors (Lipinski definition) is 3. The summed E-state index contributed by atoms with van der Waals surface area (Å²) in [6.07, 6.45) is 8.94. The number of likely N-dealkylation sites (N-methyl/N-ethyl adjacent to an activating group) is 1. The molecule has 0 aliphatic carbocycles. The van der Waals surface area contributed by atoms with Gasteiger partial charge >= 0.3 is 0 Å². The van der Waals surface area contributed by atoms with E-state index >= 15 is 0 Å². The zero-order chi connectivity index (χ0) is 22.7. The van der Waals surface area contributed by atoms with Crippen LogP contribution in [-0.2, 0) is 11.2 Å². The van der Waals surface area contributed by atoms with Crippen molar-refractivity contribution in [3.05, 3.63) is 53.8 Å². The van der Waals surface area contributed by atoms with E-state index in [1.807, 2.05) is 19.3 Å². The molecule has 2 aromatic rings. The van der Waals surface area contributed by atoms with Gasteiger partial charge < -0.3 is 20.3 Å². The quantitative estimate of drug-likeness (QED) is 0.567. The second kappa shape index (κ2) is 9.73. The first kappa shape index (κ1) is 23.1. The largest absolute Gasteiger partial charge is 0.394 e. The minimum atomic E-state index is -0.309. The highest BCUT2D eigenvalue weighted by atomic mass is 16.3. The molecule has 5 nitrogen and oxygen atoms in total. The number of aromatic amines is 1. The first-order valence-electron chi connectivity index (χ1n) is 11.3. The second-order valence-electron chi connectivity index (χ2n) is 9.33. The van der Waals surface area contributed by atoms with Gasteiger partial charge in [0.15, 0.2) is 0 Å². The van der Waals surface area contributed by atoms with E-state index in [0.29, 0.717) is 6.42 Å². The summed E-state index contributed by atoms with van der Waals surface area (Å²) in [5.74, 6) is 0.335. The lowest BCUT2D eigenvalue weighted by atomic mass is 9.90. The van der Waals surface area contributed by atoms with Crippen molar-refractivity contribution in [2.75, 3.05) is 18.6 Å². The molecule has 31 heavy (non-hydrogen) atoms. The van der Waals surface area contributed by atoms with Gasteiger partial charge in [0.05, 0.1) is 18.2 Å². The molecule has 3 rings (SSSR count). The fraction of sp³-hybridized carbons (Fsp3) is 0.500. The number of aliphatic hydroxyl groups is 1. The second-order valence-corrected chi connectivity index (χ2v) is 9.33. The Morgan fingerprint density at radius 2 is 2.10 bits per heavy atom. The number of hydrogen-bond donors (Lipinski definition) is 3. The van der Waals surface area contributed by atoms with Gasteiger partial charge in [-0.15, -0.1) is 6.58 Å². The van der Waals surface area contributed by atoms with Crippen molar-refractivity contribution in [3.8, 4) is 0 Å². The lowest BCUT2D eigenvalue weighted by molar-refractivity contribution is -0.124. The zero-order valence-electron chi connectivity index (χ0n) is 19.5. The van der Waals surface area contributed by atoms with Crippen LogP contribution in [-0.4, -0.2) is 41.7 Å². The fourth-order valence-corrected chi connectivity index (χ4v) is 4.82. The van der Waals surface area contributed by atoms with Crippen molar-refractivity contribution in [1.82, 2.24) is 10.3 Å². The van der Waals surface area contributed by atoms with Crippen LogP contribution >= 0.6 is 0 Å². The number of nitrogens with one attached hydrogen (secondary N) is 2. The number of nitrogens with zero attached hydrogens (tertiary/aromatic N) is 1. The maximum atomic E-state index is 13.0. The van der Waals surface area contributed by atoms with Crippen LogP contribution in [0.1, 0.15) is 57.6 Å². The highest BCUT2D eigenvalue weighted by Gasteiger charge is 2.32. The van der Waals surface area contributed by atoms with Gasteiger partial charge in [-0.3, -0.25) is 4.79 Å². The summed E-state index contributed by atoms with van der Waals surface area (Å²) in [5.41, 5.74) is 5.84. The van der Waals surface area contributed by atoms with Crippen molar-refractivity contribution in [2.24, 2.45) is 5.92 Å². The molecule has 0 fully saturated rings. The summed E-state index contributed by atoms with van der Waals surface area (Å²) in [5, 5.41) is 14.1. The van der Waals surface area contributed by atoms with E-state index in [0.717, 1.165) is 35.0 Å². The molecule has 1 amide bonds. The number of aliphatic hydroxyl groups excluding tert-OH is 1. The lowest BCUT2D eigenvalue weighted by Crippen LogP contribution is -2.52. The summed E-state index contributed by atoms with van der Waals surface area (Å²) >= 11 is 0. The Kier molecular flexibility index (Phi) is 7.26. The Balaban J connectivity index is 2.14. The van der Waals surface area contributed by atoms with Crippen LogP contribution < -0.4 is 10.2 Å². The predicted octanol–water partition coefficient (Wildman–Crippen LogP) is 4.68. The van der Waals surface area contributed by atoms with Crippen molar-refractivity contribution in [2.45, 2.75) is 65.0 Å². The average Bonchev–Trinajstić information content (AvgIpc) is 3.14. The topological polar surface area (TPSA) is 68.4 Å². The molecule has 2 heterocycles. The van der Waals surface area contributed by atoms with E-state index in [2.05, 4.69) is 67.7 Å². The van der Waals surface area contributed by atoms with E-state index in [-0.39, 0.29) is 36.4 Å². The van der Waals surface area contributed by atoms with E-state index < -0.39 is 0 Å². The van der Waals surface area contributed by atoms with E-state index in [4.69, 9.17) is 0 Å². The SMILES string of the molecule is C=C[C@H](CCC=C(C)C)c1ccc2c3c(c[nH]c13)C[C@@H](CO)NC(=O)[C@H](C(C)C)N2C. The van der Waals surface area contributed by atoms with Gasteiger partial charge in [0.25, 0.3) is 0 Å². The Bertz CT molecular complexity index is 968. The third-order valence-corrected chi connectivity index (χ3v) is 6.37. The molecular weight excluding hydrogens is 386 g/mol. The highest BCUT2D eigenvalue weighted by molar-refractivity contribution is 6.00. The number of amides is 1. The van der Waals surface area contributed by atoms with Gasteiger partial charge in [0.2, 0.25) is 5.91 Å². The lowest BCUT2D eigenvalue weighted by Gasteiger charge is -2.33. The van der Waals surface area contributed by atoms with Crippen molar-refractivity contribution in [3.63, 3.8) is 0 Å². The van der Waals surface area contributed by atoms with E-state index in [1.54, 1.807) is 0 Å². The summed E-state index contributed by atoms with van der Waals surface area (Å²) in [6, 6.07) is 3.72. The fourth-order valence-electron chi connectivity index (χ4n) is 4.82. The van der Waals surface area contributed by atoms with Gasteiger partial charge in [-0.1, -0.05) is 37.6 Å². The van der Waals surface area contributed by atoms with Gasteiger partial charge in [-0.05, 0) is 56.2 Å². The molecule has 1 aromatic heterocycles. The Morgan fingerprint density at radius 3 is 2.71 bits per heavy atom. The summed E-state index contributed by atoms with van der Waals surface area (Å²) in [6.45, 7) is 12.4. The molecule has 3 atom stereocenters. The third-order valence-electron chi connectivity index (χ3n) is 6.37. The number of carbonyl (C=O) groups excluding carboxylic acids is 1. The van der Waals surface area contributed by atoms with Gasteiger partial charge in [-0.2, -0.15) is 0 Å². The Hall–Kier alpha value is -2.53. The molecule has 0 radical (unpaired) electrons. The van der Waals surface area contributed by atoms with Crippen LogP contribution in [0.5, 0.6) is 0 Å². The molecule has 1 aliphatic heterocycles. The minimum absolute atomic E-state index is 0.0337. The van der Waals surface area contributed by atoms with Gasteiger partial charge in [0.1, 0.15) is 6.04 Å². The van der Waals surface area contributed by atoms with Gasteiger partial charge in [-0.25, -0.2) is 0 Å². The summed E-state index contributed by atoms with van der Waals surface area (Å²) < 4.78 is 0. The third kappa shape index (κ3) is 4.72. The molecule has 0 saturated carbocycles. The molecule has 1 aromatic carbocycles. The normalized spacial score (nSPS) is 20.1. The van der Waals surface area contributed by atoms with Crippen LogP contribution in [0, 0.1) is 5.92 Å². The number of benzene rings is 1. The number of allylic oxidation sites excluding steroid dienone is 3.